The number of nitrogens with zero attached hydrogens (tertiary/aromatic N) is 1. The third-order valence-corrected chi connectivity index (χ3v) is 4.29. The lowest BCUT2D eigenvalue weighted by Gasteiger charge is -2.10. The summed E-state index contributed by atoms with van der Waals surface area (Å²) >= 11 is 0. The van der Waals surface area contributed by atoms with E-state index in [-0.39, 0.29) is 11.9 Å². The highest BCUT2D eigenvalue weighted by molar-refractivity contribution is 6.03. The number of pyridine rings is 1. The number of hydrogen-bond acceptors (Lipinski definition) is 4. The van der Waals surface area contributed by atoms with E-state index < -0.39 is 17.7 Å². The lowest BCUT2D eigenvalue weighted by molar-refractivity contribution is -0.117. The van der Waals surface area contributed by atoms with Gasteiger partial charge in [0, 0.05) is 36.1 Å². The fourth-order valence-corrected chi connectivity index (χ4v) is 2.97. The van der Waals surface area contributed by atoms with Crippen molar-refractivity contribution in [1.82, 2.24) is 20.8 Å². The summed E-state index contributed by atoms with van der Waals surface area (Å²) in [6.45, 7) is 0. The molecule has 128 valence electrons. The van der Waals surface area contributed by atoms with Gasteiger partial charge < -0.3 is 10.3 Å². The highest BCUT2D eigenvalue weighted by atomic mass is 19.2. The third kappa shape index (κ3) is 2.97. The Morgan fingerprint density at radius 1 is 1.24 bits per heavy atom. The topological polar surface area (TPSA) is 81.8 Å². The number of hydrogen-bond donors (Lipinski definition) is 4. The average Bonchev–Trinajstić information content (AvgIpc) is 3.25. The van der Waals surface area contributed by atoms with E-state index in [9.17, 15) is 13.6 Å². The molecule has 1 aliphatic rings. The number of fused-ring (bicyclic) bond motifs is 1. The SMILES string of the molecule is O=C(Nc1c[nH]c2cc(F)c(F)cc12)C1CC(c2cccnc2)NN1. The van der Waals surface area contributed by atoms with Crippen molar-refractivity contribution in [3.63, 3.8) is 0 Å². The van der Waals surface area contributed by atoms with Gasteiger partial charge in [-0.05, 0) is 24.1 Å². The number of rotatable bonds is 3. The van der Waals surface area contributed by atoms with Gasteiger partial charge in [-0.3, -0.25) is 9.78 Å². The molecule has 4 N–H and O–H groups in total. The van der Waals surface area contributed by atoms with Gasteiger partial charge in [-0.2, -0.15) is 0 Å². The smallest absolute Gasteiger partial charge is 0.242 e. The van der Waals surface area contributed by atoms with Gasteiger partial charge in [0.05, 0.1) is 11.2 Å². The Hall–Kier alpha value is -2.84. The van der Waals surface area contributed by atoms with Crippen LogP contribution in [0.5, 0.6) is 0 Å². The molecule has 25 heavy (non-hydrogen) atoms. The van der Waals surface area contributed by atoms with E-state index in [4.69, 9.17) is 0 Å². The molecule has 0 radical (unpaired) electrons. The van der Waals surface area contributed by atoms with Gasteiger partial charge >= 0.3 is 0 Å². The Balaban J connectivity index is 1.49. The van der Waals surface area contributed by atoms with Gasteiger partial charge in [0.1, 0.15) is 6.04 Å². The molecule has 0 spiro atoms. The Morgan fingerprint density at radius 3 is 2.88 bits per heavy atom. The van der Waals surface area contributed by atoms with Crippen LogP contribution in [0.4, 0.5) is 14.5 Å². The second kappa shape index (κ2) is 6.23. The largest absolute Gasteiger partial charge is 0.359 e. The van der Waals surface area contributed by atoms with E-state index in [1.54, 1.807) is 12.4 Å². The molecule has 1 saturated heterocycles. The van der Waals surface area contributed by atoms with Crippen LogP contribution in [0.1, 0.15) is 18.0 Å². The molecule has 0 saturated carbocycles. The third-order valence-electron chi connectivity index (χ3n) is 4.29. The summed E-state index contributed by atoms with van der Waals surface area (Å²) < 4.78 is 26.7. The minimum atomic E-state index is -0.958. The molecule has 2 aromatic heterocycles. The summed E-state index contributed by atoms with van der Waals surface area (Å²) in [5.41, 5.74) is 7.83. The van der Waals surface area contributed by atoms with Crippen molar-refractivity contribution in [3.05, 3.63) is 60.1 Å². The second-order valence-electron chi connectivity index (χ2n) is 5.92. The van der Waals surface area contributed by atoms with E-state index in [1.807, 2.05) is 12.1 Å². The predicted molar refractivity (Wildman–Crippen MR) is 88.5 cm³/mol. The van der Waals surface area contributed by atoms with E-state index in [0.717, 1.165) is 17.7 Å². The van der Waals surface area contributed by atoms with Crippen LogP contribution in [-0.2, 0) is 4.79 Å². The Kier molecular flexibility index (Phi) is 3.90. The summed E-state index contributed by atoms with van der Waals surface area (Å²) in [7, 11) is 0. The minimum Gasteiger partial charge on any atom is -0.359 e. The van der Waals surface area contributed by atoms with Gasteiger partial charge in [-0.1, -0.05) is 6.07 Å². The normalized spacial score (nSPS) is 20.1. The first kappa shape index (κ1) is 15.7. The number of nitrogens with one attached hydrogen (secondary N) is 4. The van der Waals surface area contributed by atoms with Crippen molar-refractivity contribution >= 4 is 22.5 Å². The monoisotopic (exact) mass is 343 g/mol. The first-order chi connectivity index (χ1) is 12.1. The number of hydrazine groups is 1. The van der Waals surface area contributed by atoms with E-state index >= 15 is 0 Å². The van der Waals surface area contributed by atoms with Crippen molar-refractivity contribution in [2.75, 3.05) is 5.32 Å². The van der Waals surface area contributed by atoms with E-state index in [0.29, 0.717) is 23.0 Å². The van der Waals surface area contributed by atoms with Gasteiger partial charge in [-0.15, -0.1) is 0 Å². The van der Waals surface area contributed by atoms with Gasteiger partial charge in [-0.25, -0.2) is 19.6 Å². The molecule has 8 heteroatoms. The number of carbonyl (C=O) groups excluding carboxylic acids is 1. The number of aromatic nitrogens is 2. The number of benzene rings is 1. The molecule has 2 atom stereocenters. The molecule has 0 aliphatic carbocycles. The quantitative estimate of drug-likeness (QED) is 0.589. The summed E-state index contributed by atoms with van der Waals surface area (Å²) in [5, 5.41) is 3.17. The maximum atomic E-state index is 13.5. The zero-order valence-corrected chi connectivity index (χ0v) is 13.0. The fourth-order valence-electron chi connectivity index (χ4n) is 2.97. The molecule has 3 aromatic rings. The molecule has 1 aliphatic heterocycles. The zero-order chi connectivity index (χ0) is 17.4. The van der Waals surface area contributed by atoms with E-state index in [2.05, 4.69) is 26.1 Å². The maximum absolute atomic E-state index is 13.5. The number of H-pyrrole nitrogens is 1. The Bertz CT molecular complexity index is 927. The number of halogens is 2. The number of aromatic amines is 1. The van der Waals surface area contributed by atoms with Crippen molar-refractivity contribution in [2.24, 2.45) is 0 Å². The van der Waals surface area contributed by atoms with Crippen molar-refractivity contribution in [2.45, 2.75) is 18.5 Å². The van der Waals surface area contributed by atoms with Crippen LogP contribution in [0.15, 0.2) is 42.9 Å². The Morgan fingerprint density at radius 2 is 2.08 bits per heavy atom. The van der Waals surface area contributed by atoms with Crippen LogP contribution < -0.4 is 16.2 Å². The highest BCUT2D eigenvalue weighted by Crippen LogP contribution is 2.27. The minimum absolute atomic E-state index is 0.0287. The average molecular weight is 343 g/mol. The number of carbonyl (C=O) groups is 1. The predicted octanol–water partition coefficient (Wildman–Crippen LogP) is 2.39. The first-order valence-corrected chi connectivity index (χ1v) is 7.80. The van der Waals surface area contributed by atoms with Crippen LogP contribution in [0, 0.1) is 11.6 Å². The molecule has 2 unspecified atom stereocenters. The van der Waals surface area contributed by atoms with Crippen LogP contribution in [0.3, 0.4) is 0 Å². The highest BCUT2D eigenvalue weighted by Gasteiger charge is 2.30. The fraction of sp³-hybridized carbons (Fsp3) is 0.176. The number of amides is 1. The van der Waals surface area contributed by atoms with Crippen LogP contribution in [-0.4, -0.2) is 21.9 Å². The Labute approximate surface area is 141 Å². The van der Waals surface area contributed by atoms with Gasteiger partial charge in [0.25, 0.3) is 0 Å². The maximum Gasteiger partial charge on any atom is 0.242 e. The van der Waals surface area contributed by atoms with Crippen LogP contribution in [0.25, 0.3) is 10.9 Å². The summed E-state index contributed by atoms with van der Waals surface area (Å²) in [6.07, 6.45) is 5.50. The van der Waals surface area contributed by atoms with E-state index in [1.165, 1.54) is 6.20 Å². The number of anilines is 1. The molecule has 6 nitrogen and oxygen atoms in total. The summed E-state index contributed by atoms with van der Waals surface area (Å²) in [6, 6.07) is 5.41. The standard InChI is InChI=1S/C17H15F2N5O/c18-11-4-10-14(5-12(11)19)21-8-16(10)22-17(25)15-6-13(23-24-15)9-2-1-3-20-7-9/h1-5,7-8,13,15,21,23-24H,6H2,(H,22,25). The van der Waals surface area contributed by atoms with Crippen LogP contribution in [0.2, 0.25) is 0 Å². The lowest BCUT2D eigenvalue weighted by Crippen LogP contribution is -2.39. The van der Waals surface area contributed by atoms with Gasteiger partial charge in [0.2, 0.25) is 5.91 Å². The summed E-state index contributed by atoms with van der Waals surface area (Å²) in [4.78, 5) is 19.4. The van der Waals surface area contributed by atoms with Crippen molar-refractivity contribution < 1.29 is 13.6 Å². The second-order valence-corrected chi connectivity index (χ2v) is 5.92. The zero-order valence-electron chi connectivity index (χ0n) is 13.0. The molecular weight excluding hydrogens is 328 g/mol. The lowest BCUT2D eigenvalue weighted by atomic mass is 10.0. The first-order valence-electron chi connectivity index (χ1n) is 7.80. The molecule has 1 fully saturated rings. The summed E-state index contributed by atoms with van der Waals surface area (Å²) in [5.74, 6) is -2.15. The molecule has 3 heterocycles. The molecule has 1 amide bonds. The van der Waals surface area contributed by atoms with Crippen molar-refractivity contribution in [1.29, 1.82) is 0 Å². The van der Waals surface area contributed by atoms with Crippen molar-refractivity contribution in [3.8, 4) is 0 Å². The molecule has 4 rings (SSSR count). The molecular formula is C17H15F2N5O. The molecule has 1 aromatic carbocycles. The van der Waals surface area contributed by atoms with Crippen LogP contribution >= 0.6 is 0 Å². The molecule has 0 bridgehead atoms. The van der Waals surface area contributed by atoms with Gasteiger partial charge in [0.15, 0.2) is 11.6 Å².